The lowest BCUT2D eigenvalue weighted by molar-refractivity contribution is -0.118. The number of nitrogens with one attached hydrogen (secondary N) is 1. The number of methoxy groups -OCH3 is 1. The fourth-order valence-electron chi connectivity index (χ4n) is 3.25. The van der Waals surface area contributed by atoms with Gasteiger partial charge in [-0.05, 0) is 43.7 Å². The second-order valence-corrected chi connectivity index (χ2v) is 6.30. The number of carbonyl (C=O) groups is 2. The third-order valence-corrected chi connectivity index (χ3v) is 4.58. The molecule has 3 N–H and O–H groups in total. The van der Waals surface area contributed by atoms with Crippen molar-refractivity contribution in [1.82, 2.24) is 0 Å². The summed E-state index contributed by atoms with van der Waals surface area (Å²) in [7, 11) is 1.52. The molecular weight excluding hydrogens is 296 g/mol. The molecule has 6 nitrogen and oxygen atoms in total. The zero-order chi connectivity index (χ0) is 16.4. The molecule has 2 aliphatic rings. The second-order valence-electron chi connectivity index (χ2n) is 6.30. The average molecular weight is 318 g/mol. The van der Waals surface area contributed by atoms with Crippen LogP contribution in [0.25, 0.3) is 0 Å². The lowest BCUT2D eigenvalue weighted by Gasteiger charge is -2.26. The third-order valence-electron chi connectivity index (χ3n) is 4.58. The molecule has 6 heteroatoms. The van der Waals surface area contributed by atoms with Gasteiger partial charge in [0.15, 0.2) is 23.9 Å². The number of Topliss-reactive ketones (excluding diaryl/α,β-unsaturated/α-hetero) is 1. The molecule has 1 aliphatic heterocycles. The fraction of sp³-hybridized carbons (Fsp3) is 0.529. The van der Waals surface area contributed by atoms with Crippen molar-refractivity contribution in [2.75, 3.05) is 19.0 Å². The Bertz CT molecular complexity index is 621. The average Bonchev–Trinajstić information content (AvgIpc) is 2.55. The lowest BCUT2D eigenvalue weighted by Crippen LogP contribution is -2.27. The van der Waals surface area contributed by atoms with Gasteiger partial charge in [-0.15, -0.1) is 0 Å². The highest BCUT2D eigenvalue weighted by Crippen LogP contribution is 2.39. The molecule has 23 heavy (non-hydrogen) atoms. The largest absolute Gasteiger partial charge is 0.493 e. The van der Waals surface area contributed by atoms with Crippen molar-refractivity contribution in [3.05, 3.63) is 17.7 Å². The standard InChI is InChI=1S/C17H22N2O4/c1-22-15-8-11(7-13-17(15)23-9-16(21)19-13)14(20)6-10-2-4-12(18)5-3-10/h7-8,10,12H,2-6,9,18H2,1H3,(H,19,21). The SMILES string of the molecule is COc1cc(C(=O)CC2CCC(N)CC2)cc2c1OCC(=O)N2. The molecule has 0 atom stereocenters. The van der Waals surface area contributed by atoms with Crippen molar-refractivity contribution in [2.45, 2.75) is 38.1 Å². The van der Waals surface area contributed by atoms with E-state index in [9.17, 15) is 9.59 Å². The number of hydrogen-bond acceptors (Lipinski definition) is 5. The summed E-state index contributed by atoms with van der Waals surface area (Å²) >= 11 is 0. The first-order valence-electron chi connectivity index (χ1n) is 8.00. The highest BCUT2D eigenvalue weighted by molar-refractivity contribution is 6.01. The van der Waals surface area contributed by atoms with E-state index in [0.717, 1.165) is 25.7 Å². The molecule has 1 fully saturated rings. The minimum Gasteiger partial charge on any atom is -0.493 e. The van der Waals surface area contributed by atoms with Crippen LogP contribution in [0.4, 0.5) is 5.69 Å². The van der Waals surface area contributed by atoms with Gasteiger partial charge in [0.25, 0.3) is 5.91 Å². The Morgan fingerprint density at radius 2 is 2.09 bits per heavy atom. The van der Waals surface area contributed by atoms with Gasteiger partial charge < -0.3 is 20.5 Å². The van der Waals surface area contributed by atoms with Crippen LogP contribution in [0, 0.1) is 5.92 Å². The maximum Gasteiger partial charge on any atom is 0.262 e. The fourth-order valence-corrected chi connectivity index (χ4v) is 3.25. The van der Waals surface area contributed by atoms with Crippen molar-refractivity contribution in [3.63, 3.8) is 0 Å². The van der Waals surface area contributed by atoms with Gasteiger partial charge in [0.1, 0.15) is 0 Å². The first-order chi connectivity index (χ1) is 11.1. The number of carbonyl (C=O) groups excluding carboxylic acids is 2. The van der Waals surface area contributed by atoms with Crippen molar-refractivity contribution < 1.29 is 19.1 Å². The van der Waals surface area contributed by atoms with E-state index in [1.54, 1.807) is 12.1 Å². The quantitative estimate of drug-likeness (QED) is 0.830. The summed E-state index contributed by atoms with van der Waals surface area (Å²) < 4.78 is 10.7. The van der Waals surface area contributed by atoms with E-state index in [1.165, 1.54) is 7.11 Å². The molecule has 124 valence electrons. The highest BCUT2D eigenvalue weighted by Gasteiger charge is 2.25. The van der Waals surface area contributed by atoms with E-state index in [1.807, 2.05) is 0 Å². The van der Waals surface area contributed by atoms with Crippen LogP contribution < -0.4 is 20.5 Å². The van der Waals surface area contributed by atoms with Crippen LogP contribution in [0.3, 0.4) is 0 Å². The maximum atomic E-state index is 12.6. The maximum absolute atomic E-state index is 12.6. The molecule has 1 heterocycles. The molecule has 1 saturated carbocycles. The zero-order valence-electron chi connectivity index (χ0n) is 13.3. The summed E-state index contributed by atoms with van der Waals surface area (Å²) in [6, 6.07) is 3.64. The molecule has 0 spiro atoms. The van der Waals surface area contributed by atoms with E-state index in [2.05, 4.69) is 5.32 Å². The monoisotopic (exact) mass is 318 g/mol. The third kappa shape index (κ3) is 3.47. The van der Waals surface area contributed by atoms with Crippen molar-refractivity contribution in [2.24, 2.45) is 11.7 Å². The molecule has 0 saturated heterocycles. The van der Waals surface area contributed by atoms with Crippen molar-refractivity contribution in [1.29, 1.82) is 0 Å². The first-order valence-corrected chi connectivity index (χ1v) is 8.00. The Kier molecular flexibility index (Phi) is 4.52. The second kappa shape index (κ2) is 6.58. The van der Waals surface area contributed by atoms with Gasteiger partial charge in [-0.3, -0.25) is 9.59 Å². The minimum absolute atomic E-state index is 0.0427. The molecule has 1 aromatic carbocycles. The molecular formula is C17H22N2O4. The van der Waals surface area contributed by atoms with E-state index >= 15 is 0 Å². The summed E-state index contributed by atoms with van der Waals surface area (Å²) in [5, 5.41) is 2.73. The number of benzene rings is 1. The van der Waals surface area contributed by atoms with Crippen molar-refractivity contribution in [3.8, 4) is 11.5 Å². The zero-order valence-corrected chi connectivity index (χ0v) is 13.3. The summed E-state index contributed by atoms with van der Waals surface area (Å²) in [5.74, 6) is 1.16. The van der Waals surface area contributed by atoms with Crippen LogP contribution >= 0.6 is 0 Å². The van der Waals surface area contributed by atoms with Crippen LogP contribution in [-0.2, 0) is 4.79 Å². The molecule has 3 rings (SSSR count). The lowest BCUT2D eigenvalue weighted by atomic mass is 9.82. The number of amides is 1. The Labute approximate surface area is 135 Å². The van der Waals surface area contributed by atoms with Gasteiger partial charge in [-0.2, -0.15) is 0 Å². The summed E-state index contributed by atoms with van der Waals surface area (Å²) in [4.78, 5) is 24.1. The molecule has 1 amide bonds. The van der Waals surface area contributed by atoms with Crippen LogP contribution in [0.2, 0.25) is 0 Å². The van der Waals surface area contributed by atoms with E-state index in [4.69, 9.17) is 15.2 Å². The van der Waals surface area contributed by atoms with Gasteiger partial charge in [-0.1, -0.05) is 0 Å². The Morgan fingerprint density at radius 1 is 1.35 bits per heavy atom. The summed E-state index contributed by atoms with van der Waals surface area (Å²) in [6.07, 6.45) is 4.46. The smallest absolute Gasteiger partial charge is 0.262 e. The molecule has 0 aromatic heterocycles. The van der Waals surface area contributed by atoms with Crippen LogP contribution in [-0.4, -0.2) is 31.4 Å². The number of hydrogen-bond donors (Lipinski definition) is 2. The van der Waals surface area contributed by atoms with Gasteiger partial charge in [0.2, 0.25) is 0 Å². The molecule has 0 unspecified atom stereocenters. The first kappa shape index (κ1) is 15.8. The number of anilines is 1. The van der Waals surface area contributed by atoms with Crippen molar-refractivity contribution >= 4 is 17.4 Å². The summed E-state index contributed by atoms with van der Waals surface area (Å²) in [5.41, 5.74) is 6.95. The Balaban J connectivity index is 1.78. The van der Waals surface area contributed by atoms with E-state index in [-0.39, 0.29) is 24.3 Å². The van der Waals surface area contributed by atoms with Crippen LogP contribution in [0.15, 0.2) is 12.1 Å². The van der Waals surface area contributed by atoms with Gasteiger partial charge >= 0.3 is 0 Å². The number of rotatable bonds is 4. The predicted octanol–water partition coefficient (Wildman–Crippen LogP) is 2.12. The topological polar surface area (TPSA) is 90.7 Å². The normalized spacial score (nSPS) is 23.5. The molecule has 1 aromatic rings. The number of nitrogens with two attached hydrogens (primary N) is 1. The molecule has 0 bridgehead atoms. The van der Waals surface area contributed by atoms with E-state index < -0.39 is 0 Å². The number of ether oxygens (including phenoxy) is 2. The highest BCUT2D eigenvalue weighted by atomic mass is 16.5. The Morgan fingerprint density at radius 3 is 2.78 bits per heavy atom. The predicted molar refractivity (Wildman–Crippen MR) is 86.0 cm³/mol. The van der Waals surface area contributed by atoms with Gasteiger partial charge in [0, 0.05) is 18.0 Å². The molecule has 1 aliphatic carbocycles. The summed E-state index contributed by atoms with van der Waals surface area (Å²) in [6.45, 7) is -0.0427. The van der Waals surface area contributed by atoms with Gasteiger partial charge in [0.05, 0.1) is 12.8 Å². The van der Waals surface area contributed by atoms with Gasteiger partial charge in [-0.25, -0.2) is 0 Å². The van der Waals surface area contributed by atoms with Crippen LogP contribution in [0.5, 0.6) is 11.5 Å². The Hall–Kier alpha value is -2.08. The number of ketones is 1. The van der Waals surface area contributed by atoms with Crippen LogP contribution in [0.1, 0.15) is 42.5 Å². The minimum atomic E-state index is -0.231. The van der Waals surface area contributed by atoms with E-state index in [0.29, 0.717) is 35.1 Å². The number of fused-ring (bicyclic) bond motifs is 1. The molecule has 0 radical (unpaired) electrons.